The van der Waals surface area contributed by atoms with Crippen molar-refractivity contribution in [2.24, 2.45) is 0 Å². The SMILES string of the molecule is COc1cc(Br)cc(NCC2CCCO2)c1. The molecule has 1 unspecified atom stereocenters. The summed E-state index contributed by atoms with van der Waals surface area (Å²) in [7, 11) is 1.67. The first-order valence-electron chi connectivity index (χ1n) is 5.48. The minimum atomic E-state index is 0.352. The van der Waals surface area contributed by atoms with Crippen LogP contribution in [0.3, 0.4) is 0 Å². The van der Waals surface area contributed by atoms with E-state index in [9.17, 15) is 0 Å². The molecule has 0 spiro atoms. The molecule has 1 heterocycles. The molecule has 4 heteroatoms. The molecule has 1 saturated heterocycles. The second kappa shape index (κ2) is 5.55. The molecule has 1 N–H and O–H groups in total. The second-order valence-corrected chi connectivity index (χ2v) is 4.81. The molecule has 1 aliphatic rings. The summed E-state index contributed by atoms with van der Waals surface area (Å²) >= 11 is 3.46. The van der Waals surface area contributed by atoms with Gasteiger partial charge in [0.1, 0.15) is 5.75 Å². The molecule has 1 atom stereocenters. The molecule has 0 aliphatic carbocycles. The van der Waals surface area contributed by atoms with Gasteiger partial charge >= 0.3 is 0 Å². The zero-order valence-electron chi connectivity index (χ0n) is 9.33. The number of anilines is 1. The molecular weight excluding hydrogens is 270 g/mol. The molecule has 0 saturated carbocycles. The third-order valence-electron chi connectivity index (χ3n) is 2.66. The number of ether oxygens (including phenoxy) is 2. The van der Waals surface area contributed by atoms with Crippen molar-refractivity contribution in [1.29, 1.82) is 0 Å². The summed E-state index contributed by atoms with van der Waals surface area (Å²) in [5, 5.41) is 3.37. The Morgan fingerprint density at radius 2 is 2.38 bits per heavy atom. The van der Waals surface area contributed by atoms with E-state index in [4.69, 9.17) is 9.47 Å². The van der Waals surface area contributed by atoms with Crippen molar-refractivity contribution in [2.45, 2.75) is 18.9 Å². The predicted octanol–water partition coefficient (Wildman–Crippen LogP) is 3.05. The van der Waals surface area contributed by atoms with Gasteiger partial charge in [-0.2, -0.15) is 0 Å². The average molecular weight is 286 g/mol. The van der Waals surface area contributed by atoms with E-state index in [0.717, 1.165) is 35.5 Å². The molecule has 88 valence electrons. The minimum Gasteiger partial charge on any atom is -0.497 e. The van der Waals surface area contributed by atoms with Crippen molar-refractivity contribution in [3.05, 3.63) is 22.7 Å². The monoisotopic (exact) mass is 285 g/mol. The second-order valence-electron chi connectivity index (χ2n) is 3.90. The summed E-state index contributed by atoms with van der Waals surface area (Å²) < 4.78 is 11.8. The van der Waals surface area contributed by atoms with E-state index in [0.29, 0.717) is 6.10 Å². The lowest BCUT2D eigenvalue weighted by Gasteiger charge is -2.13. The predicted molar refractivity (Wildman–Crippen MR) is 68.2 cm³/mol. The van der Waals surface area contributed by atoms with Gasteiger partial charge in [-0.05, 0) is 25.0 Å². The van der Waals surface area contributed by atoms with E-state index in [1.165, 1.54) is 6.42 Å². The van der Waals surface area contributed by atoms with Crippen LogP contribution in [0.4, 0.5) is 5.69 Å². The highest BCUT2D eigenvalue weighted by Gasteiger charge is 2.14. The van der Waals surface area contributed by atoms with E-state index in [2.05, 4.69) is 21.2 Å². The number of benzene rings is 1. The molecule has 0 amide bonds. The molecule has 1 fully saturated rings. The summed E-state index contributed by atoms with van der Waals surface area (Å²) in [4.78, 5) is 0. The van der Waals surface area contributed by atoms with E-state index in [1.54, 1.807) is 7.11 Å². The van der Waals surface area contributed by atoms with Gasteiger partial charge in [0.05, 0.1) is 13.2 Å². The van der Waals surface area contributed by atoms with Gasteiger partial charge in [-0.25, -0.2) is 0 Å². The van der Waals surface area contributed by atoms with Crippen molar-refractivity contribution < 1.29 is 9.47 Å². The fourth-order valence-corrected chi connectivity index (χ4v) is 2.29. The van der Waals surface area contributed by atoms with Gasteiger partial charge in [0.15, 0.2) is 0 Å². The number of nitrogens with one attached hydrogen (secondary N) is 1. The van der Waals surface area contributed by atoms with Crippen LogP contribution in [0.15, 0.2) is 22.7 Å². The molecule has 0 radical (unpaired) electrons. The summed E-state index contributed by atoms with van der Waals surface area (Å²) in [6.07, 6.45) is 2.68. The molecule has 3 nitrogen and oxygen atoms in total. The van der Waals surface area contributed by atoms with E-state index in [1.807, 2.05) is 18.2 Å². The molecule has 1 aliphatic heterocycles. The average Bonchev–Trinajstić information content (AvgIpc) is 2.78. The van der Waals surface area contributed by atoms with Crippen LogP contribution in [0.25, 0.3) is 0 Å². The zero-order valence-corrected chi connectivity index (χ0v) is 10.9. The number of rotatable bonds is 4. The maximum absolute atomic E-state index is 5.56. The molecule has 1 aromatic carbocycles. The van der Waals surface area contributed by atoms with Crippen LogP contribution in [0, 0.1) is 0 Å². The Bertz CT molecular complexity index is 351. The zero-order chi connectivity index (χ0) is 11.4. The van der Waals surface area contributed by atoms with Gasteiger partial charge < -0.3 is 14.8 Å². The van der Waals surface area contributed by atoms with Gasteiger partial charge in [-0.15, -0.1) is 0 Å². The van der Waals surface area contributed by atoms with Crippen LogP contribution >= 0.6 is 15.9 Å². The number of halogens is 1. The van der Waals surface area contributed by atoms with Gasteiger partial charge in [-0.1, -0.05) is 15.9 Å². The fraction of sp³-hybridized carbons (Fsp3) is 0.500. The van der Waals surface area contributed by atoms with E-state index in [-0.39, 0.29) is 0 Å². The van der Waals surface area contributed by atoms with Crippen LogP contribution in [-0.2, 0) is 4.74 Å². The van der Waals surface area contributed by atoms with Crippen molar-refractivity contribution >= 4 is 21.6 Å². The number of hydrogen-bond donors (Lipinski definition) is 1. The molecule has 16 heavy (non-hydrogen) atoms. The quantitative estimate of drug-likeness (QED) is 0.922. The number of methoxy groups -OCH3 is 1. The largest absolute Gasteiger partial charge is 0.497 e. The Hall–Kier alpha value is -0.740. The summed E-state index contributed by atoms with van der Waals surface area (Å²) in [6.45, 7) is 1.76. The highest BCUT2D eigenvalue weighted by atomic mass is 79.9. The molecule has 0 aromatic heterocycles. The highest BCUT2D eigenvalue weighted by Crippen LogP contribution is 2.24. The molecule has 1 aromatic rings. The van der Waals surface area contributed by atoms with Crippen molar-refractivity contribution in [3.63, 3.8) is 0 Å². The Morgan fingerprint density at radius 1 is 1.50 bits per heavy atom. The first kappa shape index (κ1) is 11.7. The highest BCUT2D eigenvalue weighted by molar-refractivity contribution is 9.10. The maximum Gasteiger partial charge on any atom is 0.122 e. The van der Waals surface area contributed by atoms with Crippen LogP contribution in [0.5, 0.6) is 5.75 Å². The Morgan fingerprint density at radius 3 is 3.06 bits per heavy atom. The first-order chi connectivity index (χ1) is 7.78. The van der Waals surface area contributed by atoms with Crippen molar-refractivity contribution in [2.75, 3.05) is 25.6 Å². The van der Waals surface area contributed by atoms with Gasteiger partial charge in [0, 0.05) is 29.4 Å². The number of hydrogen-bond acceptors (Lipinski definition) is 3. The normalized spacial score (nSPS) is 19.8. The summed E-state index contributed by atoms with van der Waals surface area (Å²) in [5.74, 6) is 0.851. The van der Waals surface area contributed by atoms with Crippen molar-refractivity contribution in [3.8, 4) is 5.75 Å². The fourth-order valence-electron chi connectivity index (χ4n) is 1.82. The lowest BCUT2D eigenvalue weighted by Crippen LogP contribution is -2.18. The summed E-state index contributed by atoms with van der Waals surface area (Å²) in [5.41, 5.74) is 1.06. The van der Waals surface area contributed by atoms with Crippen LogP contribution in [0.2, 0.25) is 0 Å². The molecule has 2 rings (SSSR count). The topological polar surface area (TPSA) is 30.5 Å². The van der Waals surface area contributed by atoms with Crippen molar-refractivity contribution in [1.82, 2.24) is 0 Å². The van der Waals surface area contributed by atoms with Gasteiger partial charge in [0.25, 0.3) is 0 Å². The van der Waals surface area contributed by atoms with Crippen LogP contribution < -0.4 is 10.1 Å². The smallest absolute Gasteiger partial charge is 0.122 e. The van der Waals surface area contributed by atoms with Gasteiger partial charge in [0.2, 0.25) is 0 Å². The Balaban J connectivity index is 1.94. The molecular formula is C12H16BrNO2. The third kappa shape index (κ3) is 3.12. The maximum atomic E-state index is 5.56. The van der Waals surface area contributed by atoms with E-state index >= 15 is 0 Å². The Kier molecular flexibility index (Phi) is 4.07. The lowest BCUT2D eigenvalue weighted by atomic mass is 10.2. The first-order valence-corrected chi connectivity index (χ1v) is 6.27. The molecule has 0 bridgehead atoms. The van der Waals surface area contributed by atoms with Gasteiger partial charge in [-0.3, -0.25) is 0 Å². The lowest BCUT2D eigenvalue weighted by molar-refractivity contribution is 0.120. The van der Waals surface area contributed by atoms with Crippen LogP contribution in [-0.4, -0.2) is 26.4 Å². The summed E-state index contributed by atoms with van der Waals surface area (Å²) in [6, 6.07) is 5.97. The third-order valence-corrected chi connectivity index (χ3v) is 3.12. The minimum absolute atomic E-state index is 0.352. The van der Waals surface area contributed by atoms with Crippen LogP contribution in [0.1, 0.15) is 12.8 Å². The standard InChI is InChI=1S/C12H16BrNO2/c1-15-12-6-9(13)5-10(7-12)14-8-11-3-2-4-16-11/h5-7,11,14H,2-4,8H2,1H3. The van der Waals surface area contributed by atoms with E-state index < -0.39 is 0 Å². The Labute approximate surface area is 104 Å².